The minimum absolute atomic E-state index is 0.0279. The molecule has 2 amide bonds. The molecule has 0 spiro atoms. The van der Waals surface area contributed by atoms with Crippen molar-refractivity contribution >= 4 is 17.7 Å². The Labute approximate surface area is 170 Å². The molecule has 0 heterocycles. The third-order valence-corrected chi connectivity index (χ3v) is 4.44. The SMILES string of the molecule is CC(C)(C)C(O)C[C@H](NC(=O)O)C(=O)Nc1ccc(OCc2ccccc2)cc1. The summed E-state index contributed by atoms with van der Waals surface area (Å²) < 4.78 is 5.71. The maximum Gasteiger partial charge on any atom is 0.405 e. The van der Waals surface area contributed by atoms with E-state index in [0.717, 1.165) is 5.56 Å². The highest BCUT2D eigenvalue weighted by Crippen LogP contribution is 2.23. The zero-order chi connectivity index (χ0) is 21.4. The van der Waals surface area contributed by atoms with Gasteiger partial charge in [0.15, 0.2) is 0 Å². The molecule has 2 rings (SSSR count). The summed E-state index contributed by atoms with van der Waals surface area (Å²) in [5, 5.41) is 24.1. The molecule has 7 nitrogen and oxygen atoms in total. The van der Waals surface area contributed by atoms with Gasteiger partial charge in [-0.3, -0.25) is 4.79 Å². The van der Waals surface area contributed by atoms with Gasteiger partial charge in [-0.15, -0.1) is 0 Å². The Morgan fingerprint density at radius 2 is 1.66 bits per heavy atom. The number of hydrogen-bond acceptors (Lipinski definition) is 4. The number of benzene rings is 2. The number of rotatable bonds is 8. The van der Waals surface area contributed by atoms with Crippen molar-refractivity contribution < 1.29 is 24.5 Å². The van der Waals surface area contributed by atoms with Crippen LogP contribution in [0.4, 0.5) is 10.5 Å². The fourth-order valence-electron chi connectivity index (χ4n) is 2.56. The monoisotopic (exact) mass is 400 g/mol. The fourth-order valence-corrected chi connectivity index (χ4v) is 2.56. The van der Waals surface area contributed by atoms with Crippen LogP contribution in [0.25, 0.3) is 0 Å². The highest BCUT2D eigenvalue weighted by Gasteiger charge is 2.30. The van der Waals surface area contributed by atoms with Gasteiger partial charge in [0.2, 0.25) is 5.91 Å². The zero-order valence-corrected chi connectivity index (χ0v) is 16.9. The van der Waals surface area contributed by atoms with Crippen LogP contribution in [0.2, 0.25) is 0 Å². The quantitative estimate of drug-likeness (QED) is 0.541. The number of nitrogens with one attached hydrogen (secondary N) is 2. The van der Waals surface area contributed by atoms with E-state index in [1.165, 1.54) is 0 Å². The molecule has 0 saturated carbocycles. The first kappa shape index (κ1) is 22.2. The van der Waals surface area contributed by atoms with Crippen LogP contribution in [0.15, 0.2) is 54.6 Å². The lowest BCUT2D eigenvalue weighted by Crippen LogP contribution is -2.47. The van der Waals surface area contributed by atoms with Gasteiger partial charge in [-0.2, -0.15) is 0 Å². The second-order valence-electron chi connectivity index (χ2n) is 7.91. The van der Waals surface area contributed by atoms with Gasteiger partial charge in [-0.1, -0.05) is 51.1 Å². The highest BCUT2D eigenvalue weighted by molar-refractivity contribution is 5.96. The summed E-state index contributed by atoms with van der Waals surface area (Å²) in [6, 6.07) is 15.5. The molecule has 0 aliphatic heterocycles. The first-order valence-corrected chi connectivity index (χ1v) is 9.40. The van der Waals surface area contributed by atoms with Gasteiger partial charge >= 0.3 is 6.09 Å². The number of anilines is 1. The Morgan fingerprint density at radius 3 is 2.21 bits per heavy atom. The van der Waals surface area contributed by atoms with E-state index in [1.54, 1.807) is 24.3 Å². The van der Waals surface area contributed by atoms with Crippen molar-refractivity contribution in [2.75, 3.05) is 5.32 Å². The summed E-state index contributed by atoms with van der Waals surface area (Å²) in [4.78, 5) is 23.6. The molecule has 0 aromatic heterocycles. The zero-order valence-electron chi connectivity index (χ0n) is 16.9. The van der Waals surface area contributed by atoms with E-state index in [-0.39, 0.29) is 6.42 Å². The molecule has 156 valence electrons. The molecule has 0 saturated heterocycles. The van der Waals surface area contributed by atoms with Gasteiger partial charge in [0, 0.05) is 12.1 Å². The van der Waals surface area contributed by atoms with E-state index < -0.39 is 29.6 Å². The molecule has 0 bridgehead atoms. The molecule has 0 radical (unpaired) electrons. The minimum Gasteiger partial charge on any atom is -0.489 e. The molecule has 4 N–H and O–H groups in total. The molecule has 1 unspecified atom stereocenters. The Kier molecular flexibility index (Phi) is 7.61. The van der Waals surface area contributed by atoms with Gasteiger partial charge in [0.25, 0.3) is 0 Å². The number of carbonyl (C=O) groups excluding carboxylic acids is 1. The van der Waals surface area contributed by atoms with Crippen molar-refractivity contribution in [3.63, 3.8) is 0 Å². The van der Waals surface area contributed by atoms with Crippen molar-refractivity contribution in [2.45, 2.75) is 45.9 Å². The van der Waals surface area contributed by atoms with E-state index in [2.05, 4.69) is 10.6 Å². The Balaban J connectivity index is 1.96. The van der Waals surface area contributed by atoms with E-state index in [0.29, 0.717) is 18.0 Å². The van der Waals surface area contributed by atoms with Crippen LogP contribution < -0.4 is 15.4 Å². The normalized spacial score (nSPS) is 13.2. The smallest absolute Gasteiger partial charge is 0.405 e. The van der Waals surface area contributed by atoms with Crippen molar-refractivity contribution in [3.05, 3.63) is 60.2 Å². The summed E-state index contributed by atoms with van der Waals surface area (Å²) in [7, 11) is 0. The molecule has 7 heteroatoms. The first-order valence-electron chi connectivity index (χ1n) is 9.40. The first-order chi connectivity index (χ1) is 13.6. The van der Waals surface area contributed by atoms with Crippen LogP contribution in [0, 0.1) is 5.41 Å². The fraction of sp³-hybridized carbons (Fsp3) is 0.364. The molecular weight excluding hydrogens is 372 g/mol. The molecule has 2 aromatic rings. The van der Waals surface area contributed by atoms with Crippen LogP contribution in [0.5, 0.6) is 5.75 Å². The third kappa shape index (κ3) is 7.46. The van der Waals surface area contributed by atoms with Crippen LogP contribution in [-0.2, 0) is 11.4 Å². The van der Waals surface area contributed by atoms with Crippen molar-refractivity contribution in [2.24, 2.45) is 5.41 Å². The number of carboxylic acid groups (broad SMARTS) is 1. The Morgan fingerprint density at radius 1 is 1.03 bits per heavy atom. The summed E-state index contributed by atoms with van der Waals surface area (Å²) in [5.74, 6) is 0.115. The van der Waals surface area contributed by atoms with Crippen molar-refractivity contribution in [1.29, 1.82) is 0 Å². The summed E-state index contributed by atoms with van der Waals surface area (Å²) in [5.41, 5.74) is 1.07. The number of aliphatic hydroxyl groups is 1. The van der Waals surface area contributed by atoms with Gasteiger partial charge in [0.1, 0.15) is 18.4 Å². The van der Waals surface area contributed by atoms with E-state index in [9.17, 15) is 14.7 Å². The molecule has 29 heavy (non-hydrogen) atoms. The second-order valence-corrected chi connectivity index (χ2v) is 7.91. The summed E-state index contributed by atoms with van der Waals surface area (Å²) >= 11 is 0. The molecule has 2 atom stereocenters. The maximum absolute atomic E-state index is 12.5. The van der Waals surface area contributed by atoms with Crippen LogP contribution in [0.1, 0.15) is 32.8 Å². The topological polar surface area (TPSA) is 108 Å². The number of carbonyl (C=O) groups is 2. The van der Waals surface area contributed by atoms with Gasteiger partial charge < -0.3 is 25.6 Å². The van der Waals surface area contributed by atoms with Gasteiger partial charge in [-0.05, 0) is 35.2 Å². The molecule has 0 aliphatic carbocycles. The highest BCUT2D eigenvalue weighted by atomic mass is 16.5. The largest absolute Gasteiger partial charge is 0.489 e. The average molecular weight is 400 g/mol. The van der Waals surface area contributed by atoms with Crippen LogP contribution >= 0.6 is 0 Å². The molecule has 0 fully saturated rings. The lowest BCUT2D eigenvalue weighted by Gasteiger charge is -2.29. The average Bonchev–Trinajstić information content (AvgIpc) is 2.66. The molecule has 2 aromatic carbocycles. The second kappa shape index (κ2) is 9.93. The number of hydrogen-bond donors (Lipinski definition) is 4. The summed E-state index contributed by atoms with van der Waals surface area (Å²) in [6.07, 6.45) is -2.20. The predicted molar refractivity (Wildman–Crippen MR) is 111 cm³/mol. The van der Waals surface area contributed by atoms with E-state index >= 15 is 0 Å². The van der Waals surface area contributed by atoms with E-state index in [4.69, 9.17) is 9.84 Å². The number of ether oxygens (including phenoxy) is 1. The molecular formula is C22H28N2O5. The lowest BCUT2D eigenvalue weighted by atomic mass is 9.85. The van der Waals surface area contributed by atoms with Crippen LogP contribution in [0.3, 0.4) is 0 Å². The van der Waals surface area contributed by atoms with Gasteiger partial charge in [-0.25, -0.2) is 4.79 Å². The lowest BCUT2D eigenvalue weighted by molar-refractivity contribution is -0.119. The van der Waals surface area contributed by atoms with Crippen molar-refractivity contribution in [1.82, 2.24) is 5.32 Å². The summed E-state index contributed by atoms with van der Waals surface area (Å²) in [6.45, 7) is 5.90. The minimum atomic E-state index is -1.32. The predicted octanol–water partition coefficient (Wildman–Crippen LogP) is 3.64. The van der Waals surface area contributed by atoms with Crippen molar-refractivity contribution in [3.8, 4) is 5.75 Å². The van der Waals surface area contributed by atoms with Crippen LogP contribution in [-0.4, -0.2) is 34.4 Å². The maximum atomic E-state index is 12.5. The standard InChI is InChI=1S/C22H28N2O5/c1-22(2,3)19(25)13-18(24-21(27)28)20(26)23-16-9-11-17(12-10-16)29-14-15-7-5-4-6-8-15/h4-12,18-19,24-25H,13-14H2,1-3H3,(H,23,26)(H,27,28)/t18-,19?/m0/s1. The third-order valence-electron chi connectivity index (χ3n) is 4.44. The number of aliphatic hydroxyl groups excluding tert-OH is 1. The Bertz CT molecular complexity index is 800. The van der Waals surface area contributed by atoms with Gasteiger partial charge in [0.05, 0.1) is 6.10 Å². The number of amides is 2. The Hall–Kier alpha value is -3.06. The molecule has 0 aliphatic rings. The van der Waals surface area contributed by atoms with E-state index in [1.807, 2.05) is 51.1 Å².